The third-order valence-electron chi connectivity index (χ3n) is 3.59. The first kappa shape index (κ1) is 12.6. The number of para-hydroxylation sites is 3. The van der Waals surface area contributed by atoms with Crippen molar-refractivity contribution in [2.75, 3.05) is 0 Å². The Labute approximate surface area is 120 Å². The molecule has 96 valence electrons. The van der Waals surface area contributed by atoms with Gasteiger partial charge in [0.2, 0.25) is 0 Å². The Bertz CT molecular complexity index is 809. The van der Waals surface area contributed by atoms with E-state index in [1.54, 1.807) is 0 Å². The van der Waals surface area contributed by atoms with Crippen LogP contribution in [0.5, 0.6) is 0 Å². The van der Waals surface area contributed by atoms with E-state index in [0.717, 1.165) is 0 Å². The van der Waals surface area contributed by atoms with E-state index in [0.29, 0.717) is 0 Å². The van der Waals surface area contributed by atoms with Crippen LogP contribution in [0, 0.1) is 0 Å². The highest BCUT2D eigenvalue weighted by Gasteiger charge is 2.10. The average molecular weight is 257 g/mol. The summed E-state index contributed by atoms with van der Waals surface area (Å²) in [7, 11) is 0. The lowest BCUT2D eigenvalue weighted by Gasteiger charge is -2.06. The fraction of sp³-hybridized carbons (Fsp3) is 0. The number of rotatable bonds is 1. The molecule has 3 aromatic carbocycles. The summed E-state index contributed by atoms with van der Waals surface area (Å²) < 4.78 is 2.32. The van der Waals surface area contributed by atoms with Crippen molar-refractivity contribution in [2.24, 2.45) is 0 Å². The topological polar surface area (TPSA) is 4.93 Å². The maximum atomic E-state index is 2.32. The highest BCUT2D eigenvalue weighted by atomic mass is 15.0. The maximum Gasteiger partial charge on any atom is 0.0814 e. The zero-order valence-electron chi connectivity index (χ0n) is 10.5. The number of aromatic nitrogens is 1. The van der Waals surface area contributed by atoms with Crippen LogP contribution in [0.3, 0.4) is 0 Å². The van der Waals surface area contributed by atoms with E-state index in [2.05, 4.69) is 83.4 Å². The predicted octanol–water partition coefficient (Wildman–Crippen LogP) is 3.60. The van der Waals surface area contributed by atoms with Crippen molar-refractivity contribution in [2.45, 2.75) is 0 Å². The number of hydrogen-bond acceptors (Lipinski definition) is 0. The van der Waals surface area contributed by atoms with Gasteiger partial charge >= 0.3 is 0 Å². The summed E-state index contributed by atoms with van der Waals surface area (Å²) in [5.41, 5.74) is 3.73. The smallest absolute Gasteiger partial charge is 0.0814 e. The molecule has 1 aromatic heterocycles. The average Bonchev–Trinajstić information content (AvgIpc) is 2.83. The van der Waals surface area contributed by atoms with Gasteiger partial charge in [0.25, 0.3) is 0 Å². The molecule has 4 rings (SSSR count). The van der Waals surface area contributed by atoms with E-state index >= 15 is 0 Å². The normalized spacial score (nSPS) is 10.6. The second-order valence-corrected chi connectivity index (χ2v) is 4.71. The van der Waals surface area contributed by atoms with Crippen LogP contribution >= 0.6 is 0 Å². The lowest BCUT2D eigenvalue weighted by molar-refractivity contribution is 1.18. The fourth-order valence-corrected chi connectivity index (χ4v) is 2.78. The molecule has 0 unspecified atom stereocenters. The van der Waals surface area contributed by atoms with Gasteiger partial charge in [-0.2, -0.15) is 0 Å². The van der Waals surface area contributed by atoms with Crippen molar-refractivity contribution in [3.8, 4) is 5.69 Å². The second-order valence-electron chi connectivity index (χ2n) is 4.71. The van der Waals surface area contributed by atoms with Crippen molar-refractivity contribution < 1.29 is 0 Å². The van der Waals surface area contributed by atoms with Crippen molar-refractivity contribution in [3.05, 3.63) is 78.9 Å². The molecule has 0 atom stereocenters. The molecule has 0 bridgehead atoms. The molecule has 20 heavy (non-hydrogen) atoms. The molecule has 0 radical (unpaired) electrons. The molecule has 0 aliphatic rings. The van der Waals surface area contributed by atoms with Crippen molar-refractivity contribution in [1.29, 1.82) is 0 Å². The summed E-state index contributed by atoms with van der Waals surface area (Å²) in [6, 6.07) is 27.7. The maximum absolute atomic E-state index is 2.32. The van der Waals surface area contributed by atoms with Gasteiger partial charge in [-0.3, -0.25) is 0 Å². The highest BCUT2D eigenvalue weighted by molar-refractivity contribution is 6.09. The lowest BCUT2D eigenvalue weighted by Crippen LogP contribution is -1.92. The first-order valence-electron chi connectivity index (χ1n) is 6.49. The summed E-state index contributed by atoms with van der Waals surface area (Å²) >= 11 is 0. The number of hydrogen-bond donors (Lipinski definition) is 0. The zero-order chi connectivity index (χ0) is 12.7. The summed E-state index contributed by atoms with van der Waals surface area (Å²) in [5.74, 6) is 0. The van der Waals surface area contributed by atoms with Gasteiger partial charge in [-0.25, -0.2) is 0 Å². The van der Waals surface area contributed by atoms with Crippen LogP contribution in [0.15, 0.2) is 78.9 Å². The van der Waals surface area contributed by atoms with Gasteiger partial charge in [0.05, 0.1) is 19.4 Å². The Kier molecular flexibility index (Phi) is 3.07. The third-order valence-corrected chi connectivity index (χ3v) is 3.59. The molecule has 0 spiro atoms. The Balaban J connectivity index is 0.00000121. The van der Waals surface area contributed by atoms with Gasteiger partial charge in [0.15, 0.2) is 0 Å². The first-order chi connectivity index (χ1) is 9.45. The van der Waals surface area contributed by atoms with E-state index in [1.807, 2.05) is 0 Å². The van der Waals surface area contributed by atoms with Crippen LogP contribution in [0.1, 0.15) is 0 Å². The van der Waals surface area contributed by atoms with Crippen LogP contribution in [0.25, 0.3) is 27.5 Å². The van der Waals surface area contributed by atoms with Gasteiger partial charge in [0, 0.05) is 16.5 Å². The molecule has 4 aromatic rings. The van der Waals surface area contributed by atoms with E-state index in [9.17, 15) is 0 Å². The van der Waals surface area contributed by atoms with Crippen LogP contribution < -0.4 is 0 Å². The number of nitrogens with zero attached hydrogens (tertiary/aromatic N) is 1. The minimum atomic E-state index is 0. The fourth-order valence-electron chi connectivity index (χ4n) is 2.78. The summed E-state index contributed by atoms with van der Waals surface area (Å²) in [4.78, 5) is 0. The summed E-state index contributed by atoms with van der Waals surface area (Å²) in [6.45, 7) is 0. The minimum absolute atomic E-state index is 0. The second kappa shape index (κ2) is 4.89. The molecule has 0 aliphatic carbocycles. The minimum Gasteiger partial charge on any atom is -0.309 e. The molecule has 1 nitrogen and oxygen atoms in total. The van der Waals surface area contributed by atoms with Crippen molar-refractivity contribution in [1.82, 2.24) is 4.57 Å². The Morgan fingerprint density at radius 3 is 1.50 bits per heavy atom. The van der Waals surface area contributed by atoms with Gasteiger partial charge in [-0.05, 0) is 24.3 Å². The summed E-state index contributed by atoms with van der Waals surface area (Å²) in [5, 5.41) is 2.61. The van der Waals surface area contributed by atoms with E-state index in [4.69, 9.17) is 0 Å². The van der Waals surface area contributed by atoms with Crippen LogP contribution in [0.4, 0.5) is 0 Å². The number of benzene rings is 3. The molecule has 1 heterocycles. The monoisotopic (exact) mass is 257 g/mol. The quantitative estimate of drug-likeness (QED) is 0.459. The van der Waals surface area contributed by atoms with Crippen LogP contribution in [-0.4, -0.2) is 13.0 Å². The molecule has 0 aliphatic heterocycles. The van der Waals surface area contributed by atoms with Crippen molar-refractivity contribution >= 4 is 30.2 Å². The van der Waals surface area contributed by atoms with Crippen LogP contribution in [-0.2, 0) is 0 Å². The first-order valence-corrected chi connectivity index (χ1v) is 6.49. The molecule has 0 amide bonds. The molecule has 0 saturated carbocycles. The third kappa shape index (κ3) is 1.73. The Morgan fingerprint density at radius 2 is 0.950 bits per heavy atom. The van der Waals surface area contributed by atoms with E-state index in [-0.39, 0.29) is 8.41 Å². The summed E-state index contributed by atoms with van der Waals surface area (Å²) in [6.07, 6.45) is 0. The zero-order valence-corrected chi connectivity index (χ0v) is 10.5. The van der Waals surface area contributed by atoms with Gasteiger partial charge < -0.3 is 4.57 Å². The van der Waals surface area contributed by atoms with Gasteiger partial charge in [0.1, 0.15) is 0 Å². The van der Waals surface area contributed by atoms with E-state index < -0.39 is 0 Å². The van der Waals surface area contributed by atoms with Crippen molar-refractivity contribution in [3.63, 3.8) is 0 Å². The van der Waals surface area contributed by atoms with Crippen LogP contribution in [0.2, 0.25) is 0 Å². The van der Waals surface area contributed by atoms with E-state index in [1.165, 1.54) is 27.5 Å². The molecule has 0 saturated heterocycles. The molecule has 2 heteroatoms. The SMILES string of the molecule is B.c1ccc(-n2c3ccccc3c3ccccc32)cc1. The lowest BCUT2D eigenvalue weighted by atomic mass is 10.2. The van der Waals surface area contributed by atoms with Gasteiger partial charge in [-0.15, -0.1) is 0 Å². The predicted molar refractivity (Wildman–Crippen MR) is 90.7 cm³/mol. The van der Waals surface area contributed by atoms with Gasteiger partial charge in [-0.1, -0.05) is 54.6 Å². The number of fused-ring (bicyclic) bond motifs is 3. The molecule has 0 fully saturated rings. The molecular formula is C18H16BN. The Hall–Kier alpha value is -2.48. The molecular weight excluding hydrogens is 241 g/mol. The highest BCUT2D eigenvalue weighted by Crippen LogP contribution is 2.31. The standard InChI is InChI=1S/C18H13N.BH3/c1-2-8-14(9-3-1)19-17-12-6-4-10-15(17)16-11-5-7-13-18(16)19;/h1-13H;1H3. The Morgan fingerprint density at radius 1 is 0.500 bits per heavy atom. The molecule has 0 N–H and O–H groups in total. The largest absolute Gasteiger partial charge is 0.309 e.